The maximum absolute atomic E-state index is 13.8. The van der Waals surface area contributed by atoms with E-state index < -0.39 is 0 Å². The second-order valence-corrected chi connectivity index (χ2v) is 9.30. The maximum Gasteiger partial charge on any atom is 0.254 e. The number of rotatable bonds is 12. The molecule has 0 radical (unpaired) electrons. The number of ether oxygens (including phenoxy) is 3. The number of hydrogen-bond acceptors (Lipinski definition) is 5. The zero-order valence-corrected chi connectivity index (χ0v) is 22.5. The van der Waals surface area contributed by atoms with Crippen LogP contribution in [0.3, 0.4) is 0 Å². The molecule has 0 bridgehead atoms. The van der Waals surface area contributed by atoms with Crippen LogP contribution in [0.1, 0.15) is 47.4 Å². The molecule has 1 aliphatic heterocycles. The molecule has 2 amide bonds. The molecule has 3 aromatic rings. The first kappa shape index (κ1) is 27.3. The predicted octanol–water partition coefficient (Wildman–Crippen LogP) is 4.40. The van der Waals surface area contributed by atoms with Gasteiger partial charge in [-0.05, 0) is 48.9 Å². The Balaban J connectivity index is 1.56. The van der Waals surface area contributed by atoms with Crippen LogP contribution in [0.15, 0.2) is 66.9 Å². The number of para-hydroxylation sites is 1. The summed E-state index contributed by atoms with van der Waals surface area (Å²) in [6, 6.07) is 18.6. The molecule has 8 nitrogen and oxygen atoms in total. The summed E-state index contributed by atoms with van der Waals surface area (Å²) in [4.78, 5) is 30.7. The predicted molar refractivity (Wildman–Crippen MR) is 146 cm³/mol. The molecule has 1 aromatic heterocycles. The van der Waals surface area contributed by atoms with Crippen LogP contribution in [-0.2, 0) is 16.1 Å². The van der Waals surface area contributed by atoms with Crippen LogP contribution >= 0.6 is 0 Å². The molecular weight excluding hydrogens is 482 g/mol. The SMILES string of the molecule is CCCCOc1ccc(C(=O)N(CCOC)CC(=O)N2CCn3cccc3C2c2ccccc2OC)cc1. The van der Waals surface area contributed by atoms with Crippen molar-refractivity contribution in [2.24, 2.45) is 0 Å². The summed E-state index contributed by atoms with van der Waals surface area (Å²) in [5, 5.41) is 0. The number of nitrogens with zero attached hydrogens (tertiary/aromatic N) is 3. The first-order chi connectivity index (χ1) is 18.6. The van der Waals surface area contributed by atoms with Crippen molar-refractivity contribution >= 4 is 11.8 Å². The zero-order chi connectivity index (χ0) is 26.9. The van der Waals surface area contributed by atoms with Crippen molar-refractivity contribution < 1.29 is 23.8 Å². The molecule has 202 valence electrons. The number of fused-ring (bicyclic) bond motifs is 1. The van der Waals surface area contributed by atoms with Crippen molar-refractivity contribution in [3.8, 4) is 11.5 Å². The van der Waals surface area contributed by atoms with Crippen molar-refractivity contribution in [1.29, 1.82) is 0 Å². The van der Waals surface area contributed by atoms with Gasteiger partial charge in [0.15, 0.2) is 0 Å². The van der Waals surface area contributed by atoms with Gasteiger partial charge in [-0.15, -0.1) is 0 Å². The van der Waals surface area contributed by atoms with E-state index in [-0.39, 0.29) is 24.4 Å². The Labute approximate surface area is 224 Å². The van der Waals surface area contributed by atoms with E-state index in [1.54, 1.807) is 43.4 Å². The van der Waals surface area contributed by atoms with E-state index in [2.05, 4.69) is 11.5 Å². The molecule has 1 unspecified atom stereocenters. The molecular formula is C30H37N3O5. The fraction of sp³-hybridized carbons (Fsp3) is 0.400. The van der Waals surface area contributed by atoms with Crippen LogP contribution in [0.5, 0.6) is 11.5 Å². The van der Waals surface area contributed by atoms with Gasteiger partial charge in [0, 0.05) is 49.8 Å². The number of benzene rings is 2. The topological polar surface area (TPSA) is 73.2 Å². The number of unbranched alkanes of at least 4 members (excludes halogenated alkanes) is 1. The summed E-state index contributed by atoms with van der Waals surface area (Å²) in [5.74, 6) is 1.10. The van der Waals surface area contributed by atoms with Crippen LogP contribution < -0.4 is 9.47 Å². The summed E-state index contributed by atoms with van der Waals surface area (Å²) in [7, 11) is 3.22. The van der Waals surface area contributed by atoms with Gasteiger partial charge in [-0.1, -0.05) is 31.5 Å². The van der Waals surface area contributed by atoms with Crippen molar-refractivity contribution in [3.63, 3.8) is 0 Å². The molecule has 8 heteroatoms. The minimum absolute atomic E-state index is 0.0523. The molecule has 38 heavy (non-hydrogen) atoms. The first-order valence-corrected chi connectivity index (χ1v) is 13.2. The van der Waals surface area contributed by atoms with Gasteiger partial charge >= 0.3 is 0 Å². The Morgan fingerprint density at radius 1 is 0.974 bits per heavy atom. The van der Waals surface area contributed by atoms with Gasteiger partial charge in [0.2, 0.25) is 5.91 Å². The number of carbonyl (C=O) groups is 2. The molecule has 0 aliphatic carbocycles. The van der Waals surface area contributed by atoms with E-state index in [4.69, 9.17) is 14.2 Å². The largest absolute Gasteiger partial charge is 0.496 e. The summed E-state index contributed by atoms with van der Waals surface area (Å²) >= 11 is 0. The van der Waals surface area contributed by atoms with Gasteiger partial charge in [0.25, 0.3) is 5.91 Å². The highest BCUT2D eigenvalue weighted by Gasteiger charge is 2.35. The molecule has 0 saturated carbocycles. The van der Waals surface area contributed by atoms with E-state index in [9.17, 15) is 9.59 Å². The molecule has 1 aliphatic rings. The fourth-order valence-corrected chi connectivity index (χ4v) is 4.79. The van der Waals surface area contributed by atoms with E-state index in [1.807, 2.05) is 47.5 Å². The van der Waals surface area contributed by atoms with Gasteiger partial charge in [-0.3, -0.25) is 9.59 Å². The minimum atomic E-state index is -0.318. The molecule has 1 atom stereocenters. The average molecular weight is 520 g/mol. The number of hydrogen-bond donors (Lipinski definition) is 0. The van der Waals surface area contributed by atoms with Crippen LogP contribution in [0.2, 0.25) is 0 Å². The minimum Gasteiger partial charge on any atom is -0.496 e. The Kier molecular flexibility index (Phi) is 9.43. The normalized spacial score (nSPS) is 14.6. The van der Waals surface area contributed by atoms with Crippen molar-refractivity contribution in [2.75, 3.05) is 47.1 Å². The Bertz CT molecular complexity index is 1210. The Morgan fingerprint density at radius 2 is 1.76 bits per heavy atom. The van der Waals surface area contributed by atoms with Crippen molar-refractivity contribution in [1.82, 2.24) is 14.4 Å². The third-order valence-electron chi connectivity index (χ3n) is 6.84. The third-order valence-corrected chi connectivity index (χ3v) is 6.84. The summed E-state index contributed by atoms with van der Waals surface area (Å²) in [5.41, 5.74) is 2.43. The summed E-state index contributed by atoms with van der Waals surface area (Å²) in [6.45, 7) is 4.55. The monoisotopic (exact) mass is 519 g/mol. The zero-order valence-electron chi connectivity index (χ0n) is 22.5. The average Bonchev–Trinajstić information content (AvgIpc) is 3.44. The second kappa shape index (κ2) is 13.1. The van der Waals surface area contributed by atoms with Crippen LogP contribution in [0.4, 0.5) is 0 Å². The highest BCUT2D eigenvalue weighted by molar-refractivity contribution is 5.96. The van der Waals surface area contributed by atoms with Crippen molar-refractivity contribution in [3.05, 3.63) is 83.7 Å². The fourth-order valence-electron chi connectivity index (χ4n) is 4.79. The Morgan fingerprint density at radius 3 is 2.50 bits per heavy atom. The molecule has 4 rings (SSSR count). The van der Waals surface area contributed by atoms with E-state index >= 15 is 0 Å². The molecule has 2 aromatic carbocycles. The standard InChI is InChI=1S/C30H37N3O5/c1-4-5-20-38-24-14-12-23(13-15-24)30(35)32(19-21-36-2)22-28(34)33-18-17-31-16-8-10-26(31)29(33)25-9-6-7-11-27(25)37-3/h6-16,29H,4-5,17-22H2,1-3H3. The lowest BCUT2D eigenvalue weighted by molar-refractivity contribution is -0.134. The van der Waals surface area contributed by atoms with E-state index in [0.29, 0.717) is 38.4 Å². The van der Waals surface area contributed by atoms with Gasteiger partial charge in [-0.25, -0.2) is 0 Å². The molecule has 0 N–H and O–H groups in total. The first-order valence-electron chi connectivity index (χ1n) is 13.2. The smallest absolute Gasteiger partial charge is 0.254 e. The van der Waals surface area contributed by atoms with Gasteiger partial charge in [0.1, 0.15) is 24.1 Å². The Hall–Kier alpha value is -3.78. The van der Waals surface area contributed by atoms with Crippen molar-refractivity contribution in [2.45, 2.75) is 32.4 Å². The quantitative estimate of drug-likeness (QED) is 0.332. The van der Waals surface area contributed by atoms with Crippen LogP contribution in [0, 0.1) is 0 Å². The lowest BCUT2D eigenvalue weighted by atomic mass is 9.98. The highest BCUT2D eigenvalue weighted by Crippen LogP contribution is 2.37. The second-order valence-electron chi connectivity index (χ2n) is 9.30. The van der Waals surface area contributed by atoms with Gasteiger partial charge in [-0.2, -0.15) is 0 Å². The third kappa shape index (κ3) is 6.19. The van der Waals surface area contributed by atoms with Crippen LogP contribution in [0.25, 0.3) is 0 Å². The summed E-state index contributed by atoms with van der Waals surface area (Å²) in [6.07, 6.45) is 4.06. The number of amides is 2. The molecule has 0 fully saturated rings. The number of carbonyl (C=O) groups excluding carboxylic acids is 2. The summed E-state index contributed by atoms with van der Waals surface area (Å²) < 4.78 is 18.8. The van der Waals surface area contributed by atoms with E-state index in [0.717, 1.165) is 35.6 Å². The highest BCUT2D eigenvalue weighted by atomic mass is 16.5. The lowest BCUT2D eigenvalue weighted by Crippen LogP contribution is -2.48. The van der Waals surface area contributed by atoms with E-state index in [1.165, 1.54) is 0 Å². The molecule has 2 heterocycles. The maximum atomic E-state index is 13.8. The number of aromatic nitrogens is 1. The van der Waals surface area contributed by atoms with Crippen LogP contribution in [-0.4, -0.2) is 73.2 Å². The van der Waals surface area contributed by atoms with Gasteiger partial charge < -0.3 is 28.6 Å². The number of methoxy groups -OCH3 is 2. The molecule has 0 saturated heterocycles. The van der Waals surface area contributed by atoms with Gasteiger partial charge in [0.05, 0.1) is 20.3 Å². The molecule has 0 spiro atoms. The lowest BCUT2D eigenvalue weighted by Gasteiger charge is -2.39.